The quantitative estimate of drug-likeness (QED) is 0.432. The van der Waals surface area contributed by atoms with Crippen molar-refractivity contribution < 1.29 is 9.18 Å². The lowest BCUT2D eigenvalue weighted by molar-refractivity contribution is 0.0741. The van der Waals surface area contributed by atoms with E-state index >= 15 is 0 Å². The first-order chi connectivity index (χ1) is 17.2. The van der Waals surface area contributed by atoms with E-state index in [1.807, 2.05) is 24.8 Å². The summed E-state index contributed by atoms with van der Waals surface area (Å²) in [6.45, 7) is 5.81. The zero-order valence-electron chi connectivity index (χ0n) is 19.7. The number of fused-ring (bicyclic) bond motifs is 1. The molecule has 186 valence electrons. The summed E-state index contributed by atoms with van der Waals surface area (Å²) in [6.07, 6.45) is 1.84. The van der Waals surface area contributed by atoms with Crippen LogP contribution < -0.4 is 10.5 Å². The van der Waals surface area contributed by atoms with Crippen molar-refractivity contribution in [1.29, 1.82) is 0 Å². The van der Waals surface area contributed by atoms with E-state index in [0.29, 0.717) is 55.3 Å². The third kappa shape index (κ3) is 4.56. The van der Waals surface area contributed by atoms with Crippen molar-refractivity contribution in [2.24, 2.45) is 0 Å². The van der Waals surface area contributed by atoms with Crippen LogP contribution in [0, 0.1) is 19.7 Å². The Balaban J connectivity index is 1.35. The van der Waals surface area contributed by atoms with Crippen molar-refractivity contribution in [1.82, 2.24) is 24.3 Å². The first-order valence-electron chi connectivity index (χ1n) is 11.4. The van der Waals surface area contributed by atoms with Crippen LogP contribution in [-0.2, 0) is 6.42 Å². The standard InChI is InChI=1S/C25H23Cl2FN6O2/c1-14-9-15(2)31-25(30-14)33-7-5-32(6-8-33)24(36)18-11-16(3-4-20(18)28)10-17-13-29-23(35)21-12-19(26)22(27)34(17)21/h3-4,9,11-13H,5-8,10H2,1-2H3,(H,29,35). The molecule has 1 aliphatic heterocycles. The molecule has 5 rings (SSSR count). The van der Waals surface area contributed by atoms with Gasteiger partial charge >= 0.3 is 0 Å². The molecule has 8 nitrogen and oxygen atoms in total. The average Bonchev–Trinajstić information content (AvgIpc) is 3.16. The number of anilines is 1. The molecule has 1 N–H and O–H groups in total. The Bertz CT molecular complexity index is 1520. The predicted octanol–water partition coefficient (Wildman–Crippen LogP) is 4.03. The SMILES string of the molecule is Cc1cc(C)nc(N2CCN(C(=O)c3cc(Cc4c[nH]c(=O)c5cc(Cl)c(Cl)n45)ccc3F)CC2)n1. The Hall–Kier alpha value is -3.43. The van der Waals surface area contributed by atoms with Crippen molar-refractivity contribution >= 4 is 40.6 Å². The largest absolute Gasteiger partial charge is 0.337 e. The second-order valence-electron chi connectivity index (χ2n) is 8.83. The van der Waals surface area contributed by atoms with Gasteiger partial charge < -0.3 is 14.8 Å². The van der Waals surface area contributed by atoms with E-state index in [0.717, 1.165) is 11.4 Å². The van der Waals surface area contributed by atoms with Gasteiger partial charge in [0, 0.05) is 55.9 Å². The van der Waals surface area contributed by atoms with Gasteiger partial charge in [-0.05, 0) is 43.7 Å². The molecule has 0 spiro atoms. The van der Waals surface area contributed by atoms with E-state index in [-0.39, 0.29) is 27.2 Å². The van der Waals surface area contributed by atoms with E-state index in [9.17, 15) is 14.0 Å². The third-order valence-corrected chi connectivity index (χ3v) is 7.01. The number of piperazine rings is 1. The summed E-state index contributed by atoms with van der Waals surface area (Å²) in [5.41, 5.74) is 3.10. The lowest BCUT2D eigenvalue weighted by atomic mass is 10.0. The summed E-state index contributed by atoms with van der Waals surface area (Å²) in [7, 11) is 0. The lowest BCUT2D eigenvalue weighted by Crippen LogP contribution is -2.49. The van der Waals surface area contributed by atoms with E-state index < -0.39 is 5.82 Å². The lowest BCUT2D eigenvalue weighted by Gasteiger charge is -2.35. The molecule has 0 unspecified atom stereocenters. The Kier molecular flexibility index (Phi) is 6.44. The van der Waals surface area contributed by atoms with Crippen LogP contribution in [0.3, 0.4) is 0 Å². The van der Waals surface area contributed by atoms with Gasteiger partial charge in [-0.1, -0.05) is 29.3 Å². The number of nitrogens with one attached hydrogen (secondary N) is 1. The number of benzene rings is 1. The number of carbonyl (C=O) groups is 1. The number of aromatic amines is 1. The van der Waals surface area contributed by atoms with Crippen LogP contribution in [0.1, 0.15) is 33.0 Å². The van der Waals surface area contributed by atoms with Gasteiger partial charge in [0.25, 0.3) is 11.5 Å². The van der Waals surface area contributed by atoms with Gasteiger partial charge in [0.05, 0.1) is 10.6 Å². The Labute approximate surface area is 216 Å². The summed E-state index contributed by atoms with van der Waals surface area (Å²) >= 11 is 12.4. The fourth-order valence-corrected chi connectivity index (χ4v) is 4.95. The minimum Gasteiger partial charge on any atom is -0.337 e. The maximum atomic E-state index is 14.7. The maximum absolute atomic E-state index is 14.7. The number of hydrogen-bond donors (Lipinski definition) is 1. The highest BCUT2D eigenvalue weighted by molar-refractivity contribution is 6.42. The van der Waals surface area contributed by atoms with Crippen LogP contribution in [0.25, 0.3) is 5.52 Å². The van der Waals surface area contributed by atoms with Gasteiger partial charge in [-0.15, -0.1) is 0 Å². The molecule has 0 bridgehead atoms. The number of hydrogen-bond acceptors (Lipinski definition) is 5. The molecule has 0 aliphatic carbocycles. The monoisotopic (exact) mass is 528 g/mol. The molecule has 4 heterocycles. The summed E-state index contributed by atoms with van der Waals surface area (Å²) in [6, 6.07) is 7.85. The highest BCUT2D eigenvalue weighted by atomic mass is 35.5. The van der Waals surface area contributed by atoms with Crippen LogP contribution in [0.15, 0.2) is 41.3 Å². The van der Waals surface area contributed by atoms with Gasteiger partial charge in [-0.25, -0.2) is 14.4 Å². The third-order valence-electron chi connectivity index (χ3n) is 6.25. The first-order valence-corrected chi connectivity index (χ1v) is 12.2. The van der Waals surface area contributed by atoms with E-state index in [4.69, 9.17) is 23.2 Å². The normalized spacial score (nSPS) is 14.0. The number of amides is 1. The Morgan fingerprint density at radius 1 is 1.06 bits per heavy atom. The zero-order valence-corrected chi connectivity index (χ0v) is 21.2. The van der Waals surface area contributed by atoms with Crippen molar-refractivity contribution in [2.45, 2.75) is 20.3 Å². The first kappa shape index (κ1) is 24.3. The summed E-state index contributed by atoms with van der Waals surface area (Å²) in [5, 5.41) is 0.479. The number of aryl methyl sites for hydroxylation is 2. The second kappa shape index (κ2) is 9.55. The van der Waals surface area contributed by atoms with Gasteiger partial charge in [-0.3, -0.25) is 14.0 Å². The molecule has 11 heteroatoms. The van der Waals surface area contributed by atoms with E-state index in [1.165, 1.54) is 18.3 Å². The molecule has 1 saturated heterocycles. The Morgan fingerprint density at radius 2 is 1.75 bits per heavy atom. The van der Waals surface area contributed by atoms with Crippen LogP contribution in [0.5, 0.6) is 0 Å². The van der Waals surface area contributed by atoms with E-state index in [1.54, 1.807) is 21.4 Å². The number of aromatic nitrogens is 4. The predicted molar refractivity (Wildman–Crippen MR) is 137 cm³/mol. The van der Waals surface area contributed by atoms with Crippen LogP contribution in [0.4, 0.5) is 10.3 Å². The molecule has 4 aromatic rings. The highest BCUT2D eigenvalue weighted by Gasteiger charge is 2.26. The average molecular weight is 529 g/mol. The van der Waals surface area contributed by atoms with E-state index in [2.05, 4.69) is 15.0 Å². The molecule has 3 aromatic heterocycles. The number of carbonyl (C=O) groups excluding carboxylic acids is 1. The maximum Gasteiger partial charge on any atom is 0.272 e. The molecule has 0 saturated carbocycles. The number of halogens is 3. The topological polar surface area (TPSA) is 86.6 Å². The van der Waals surface area contributed by atoms with Crippen molar-refractivity contribution in [3.63, 3.8) is 0 Å². The van der Waals surface area contributed by atoms with Gasteiger partial charge in [0.1, 0.15) is 16.5 Å². The molecule has 36 heavy (non-hydrogen) atoms. The van der Waals surface area contributed by atoms with Gasteiger partial charge in [0.2, 0.25) is 5.95 Å². The molecule has 1 aromatic carbocycles. The molecule has 1 aliphatic rings. The van der Waals surface area contributed by atoms with Crippen molar-refractivity contribution in [3.05, 3.63) is 91.1 Å². The molecular weight excluding hydrogens is 506 g/mol. The Morgan fingerprint density at radius 3 is 2.44 bits per heavy atom. The second-order valence-corrected chi connectivity index (χ2v) is 9.60. The molecule has 0 atom stereocenters. The van der Waals surface area contributed by atoms with Crippen LogP contribution in [0.2, 0.25) is 10.2 Å². The molecule has 1 amide bonds. The molecular formula is C25H23Cl2FN6O2. The molecule has 1 fully saturated rings. The number of H-pyrrole nitrogens is 1. The fraction of sp³-hybridized carbons (Fsp3) is 0.280. The highest BCUT2D eigenvalue weighted by Crippen LogP contribution is 2.27. The van der Waals surface area contributed by atoms with Gasteiger partial charge in [0.15, 0.2) is 0 Å². The minimum absolute atomic E-state index is 0.000837. The minimum atomic E-state index is -0.586. The number of nitrogens with zero attached hydrogens (tertiary/aromatic N) is 5. The smallest absolute Gasteiger partial charge is 0.272 e. The van der Waals surface area contributed by atoms with Crippen molar-refractivity contribution in [3.8, 4) is 0 Å². The molecule has 0 radical (unpaired) electrons. The fourth-order valence-electron chi connectivity index (χ4n) is 4.51. The van der Waals surface area contributed by atoms with Crippen LogP contribution in [-0.4, -0.2) is 56.3 Å². The van der Waals surface area contributed by atoms with Crippen molar-refractivity contribution in [2.75, 3.05) is 31.1 Å². The number of rotatable bonds is 4. The van der Waals surface area contributed by atoms with Gasteiger partial charge in [-0.2, -0.15) is 0 Å². The summed E-state index contributed by atoms with van der Waals surface area (Å²) < 4.78 is 16.3. The summed E-state index contributed by atoms with van der Waals surface area (Å²) in [4.78, 5) is 40.7. The van der Waals surface area contributed by atoms with Crippen LogP contribution >= 0.6 is 23.2 Å². The zero-order chi connectivity index (χ0) is 25.6. The summed E-state index contributed by atoms with van der Waals surface area (Å²) in [5.74, 6) is -0.315.